The Morgan fingerprint density at radius 1 is 1.75 bits per heavy atom. The minimum Gasteiger partial charge on any atom is -0.392 e. The van der Waals surface area contributed by atoms with Crippen molar-refractivity contribution in [2.45, 2.75) is 19.6 Å². The molecule has 0 aliphatic carbocycles. The van der Waals surface area contributed by atoms with Gasteiger partial charge >= 0.3 is 0 Å². The van der Waals surface area contributed by atoms with Crippen molar-refractivity contribution in [3.05, 3.63) is 18.2 Å². The van der Waals surface area contributed by atoms with E-state index in [9.17, 15) is 0 Å². The number of hydrogen-bond acceptors (Lipinski definition) is 3. The molecule has 0 saturated heterocycles. The van der Waals surface area contributed by atoms with Crippen LogP contribution in [0.4, 0.5) is 0 Å². The molecule has 1 heterocycles. The van der Waals surface area contributed by atoms with Gasteiger partial charge in [0.1, 0.15) is 0 Å². The smallest absolute Gasteiger partial charge is 0.0945 e. The normalized spacial score (nSPS) is 13.2. The summed E-state index contributed by atoms with van der Waals surface area (Å²) in [4.78, 5) is 3.98. The van der Waals surface area contributed by atoms with Crippen LogP contribution < -0.4 is 5.32 Å². The van der Waals surface area contributed by atoms with Crippen LogP contribution in [0, 0.1) is 0 Å². The van der Waals surface area contributed by atoms with E-state index >= 15 is 0 Å². The van der Waals surface area contributed by atoms with Crippen LogP contribution in [0.1, 0.15) is 12.6 Å². The van der Waals surface area contributed by atoms with Gasteiger partial charge in [0.25, 0.3) is 0 Å². The SMILES string of the molecule is CC(O)CNCc1cncn1C. The molecule has 12 heavy (non-hydrogen) atoms. The highest BCUT2D eigenvalue weighted by Gasteiger charge is 1.98. The number of hydrogen-bond donors (Lipinski definition) is 2. The summed E-state index contributed by atoms with van der Waals surface area (Å²) in [6, 6.07) is 0. The van der Waals surface area contributed by atoms with E-state index in [1.807, 2.05) is 17.8 Å². The van der Waals surface area contributed by atoms with E-state index in [1.54, 1.807) is 13.3 Å². The summed E-state index contributed by atoms with van der Waals surface area (Å²) in [6.45, 7) is 3.13. The Morgan fingerprint density at radius 2 is 2.50 bits per heavy atom. The molecule has 1 aromatic heterocycles. The average Bonchev–Trinajstić information content (AvgIpc) is 2.36. The van der Waals surface area contributed by atoms with Crippen LogP contribution in [0.2, 0.25) is 0 Å². The summed E-state index contributed by atoms with van der Waals surface area (Å²) < 4.78 is 1.95. The number of aliphatic hydroxyl groups is 1. The van der Waals surface area contributed by atoms with Crippen LogP contribution in [0.25, 0.3) is 0 Å². The predicted octanol–water partition coefficient (Wildman–Crippen LogP) is -0.110. The van der Waals surface area contributed by atoms with Gasteiger partial charge in [-0.15, -0.1) is 0 Å². The van der Waals surface area contributed by atoms with Crippen molar-refractivity contribution >= 4 is 0 Å². The molecule has 0 bridgehead atoms. The number of nitrogens with zero attached hydrogens (tertiary/aromatic N) is 2. The molecule has 0 aliphatic heterocycles. The first kappa shape index (κ1) is 9.22. The third kappa shape index (κ3) is 2.64. The second-order valence-corrected chi connectivity index (χ2v) is 2.98. The van der Waals surface area contributed by atoms with Crippen molar-refractivity contribution in [3.63, 3.8) is 0 Å². The average molecular weight is 169 g/mol. The molecule has 0 fully saturated rings. The number of nitrogens with one attached hydrogen (secondary N) is 1. The quantitative estimate of drug-likeness (QED) is 0.661. The molecule has 0 aromatic carbocycles. The van der Waals surface area contributed by atoms with Gasteiger partial charge in [0.05, 0.1) is 18.1 Å². The highest BCUT2D eigenvalue weighted by Crippen LogP contribution is 1.94. The lowest BCUT2D eigenvalue weighted by atomic mass is 10.4. The highest BCUT2D eigenvalue weighted by atomic mass is 16.3. The number of rotatable bonds is 4. The van der Waals surface area contributed by atoms with Gasteiger partial charge in [-0.1, -0.05) is 0 Å². The van der Waals surface area contributed by atoms with Gasteiger partial charge in [0.2, 0.25) is 0 Å². The summed E-state index contributed by atoms with van der Waals surface area (Å²) in [5, 5.41) is 12.1. The largest absolute Gasteiger partial charge is 0.392 e. The number of aliphatic hydroxyl groups excluding tert-OH is 1. The van der Waals surface area contributed by atoms with Gasteiger partial charge in [-0.2, -0.15) is 0 Å². The van der Waals surface area contributed by atoms with E-state index in [4.69, 9.17) is 5.11 Å². The van der Waals surface area contributed by atoms with Gasteiger partial charge < -0.3 is 15.0 Å². The van der Waals surface area contributed by atoms with Gasteiger partial charge in [0.15, 0.2) is 0 Å². The van der Waals surface area contributed by atoms with Crippen LogP contribution in [-0.2, 0) is 13.6 Å². The van der Waals surface area contributed by atoms with E-state index in [0.29, 0.717) is 6.54 Å². The molecular weight excluding hydrogens is 154 g/mol. The monoisotopic (exact) mass is 169 g/mol. The number of aryl methyl sites for hydroxylation is 1. The summed E-state index contributed by atoms with van der Waals surface area (Å²) in [7, 11) is 1.95. The molecule has 0 aliphatic rings. The molecule has 4 heteroatoms. The third-order valence-corrected chi connectivity index (χ3v) is 1.66. The second kappa shape index (κ2) is 4.23. The van der Waals surface area contributed by atoms with Crippen LogP contribution in [0.3, 0.4) is 0 Å². The Balaban J connectivity index is 2.29. The summed E-state index contributed by atoms with van der Waals surface area (Å²) in [5.41, 5.74) is 1.12. The fourth-order valence-corrected chi connectivity index (χ4v) is 0.964. The Kier molecular flexibility index (Phi) is 3.25. The van der Waals surface area contributed by atoms with Crippen LogP contribution in [0.15, 0.2) is 12.5 Å². The van der Waals surface area contributed by atoms with Gasteiger partial charge in [0, 0.05) is 26.3 Å². The fraction of sp³-hybridized carbons (Fsp3) is 0.625. The molecular formula is C8H15N3O. The van der Waals surface area contributed by atoms with Gasteiger partial charge in [-0.3, -0.25) is 0 Å². The van der Waals surface area contributed by atoms with Crippen molar-refractivity contribution in [1.82, 2.24) is 14.9 Å². The summed E-state index contributed by atoms with van der Waals surface area (Å²) >= 11 is 0. The molecule has 0 spiro atoms. The molecule has 4 nitrogen and oxygen atoms in total. The first-order valence-corrected chi connectivity index (χ1v) is 4.04. The van der Waals surface area contributed by atoms with E-state index in [0.717, 1.165) is 12.2 Å². The molecule has 0 amide bonds. The molecule has 68 valence electrons. The zero-order valence-electron chi connectivity index (χ0n) is 7.49. The van der Waals surface area contributed by atoms with Crippen molar-refractivity contribution in [1.29, 1.82) is 0 Å². The van der Waals surface area contributed by atoms with Crippen molar-refractivity contribution in [3.8, 4) is 0 Å². The Morgan fingerprint density at radius 3 is 3.00 bits per heavy atom. The lowest BCUT2D eigenvalue weighted by Gasteiger charge is -2.06. The summed E-state index contributed by atoms with van der Waals surface area (Å²) in [5.74, 6) is 0. The maximum atomic E-state index is 8.97. The molecule has 0 radical (unpaired) electrons. The van der Waals surface area contributed by atoms with E-state index in [2.05, 4.69) is 10.3 Å². The molecule has 2 N–H and O–H groups in total. The minimum absolute atomic E-state index is 0.293. The topological polar surface area (TPSA) is 50.1 Å². The minimum atomic E-state index is -0.293. The first-order chi connectivity index (χ1) is 5.70. The molecule has 0 saturated carbocycles. The lowest BCUT2D eigenvalue weighted by molar-refractivity contribution is 0.190. The molecule has 1 atom stereocenters. The third-order valence-electron chi connectivity index (χ3n) is 1.66. The van der Waals surface area contributed by atoms with Gasteiger partial charge in [-0.25, -0.2) is 4.98 Å². The molecule has 1 aromatic rings. The van der Waals surface area contributed by atoms with Gasteiger partial charge in [-0.05, 0) is 6.92 Å². The van der Waals surface area contributed by atoms with Crippen LogP contribution in [0.5, 0.6) is 0 Å². The number of aromatic nitrogens is 2. The predicted molar refractivity (Wildman–Crippen MR) is 46.6 cm³/mol. The van der Waals surface area contributed by atoms with Crippen LogP contribution >= 0.6 is 0 Å². The fourth-order valence-electron chi connectivity index (χ4n) is 0.964. The number of imidazole rings is 1. The second-order valence-electron chi connectivity index (χ2n) is 2.98. The zero-order chi connectivity index (χ0) is 8.97. The van der Waals surface area contributed by atoms with E-state index < -0.39 is 0 Å². The first-order valence-electron chi connectivity index (χ1n) is 4.04. The Hall–Kier alpha value is -0.870. The maximum Gasteiger partial charge on any atom is 0.0945 e. The standard InChI is InChI=1S/C8H15N3O/c1-7(12)3-9-4-8-5-10-6-11(8)2/h5-7,9,12H,3-4H2,1-2H3. The van der Waals surface area contributed by atoms with Crippen molar-refractivity contribution in [2.24, 2.45) is 7.05 Å². The summed E-state index contributed by atoms with van der Waals surface area (Å²) in [6.07, 6.45) is 3.28. The Bertz CT molecular complexity index is 232. The van der Waals surface area contributed by atoms with Crippen molar-refractivity contribution < 1.29 is 5.11 Å². The molecule has 1 unspecified atom stereocenters. The van der Waals surface area contributed by atoms with E-state index in [-0.39, 0.29) is 6.10 Å². The lowest BCUT2D eigenvalue weighted by Crippen LogP contribution is -2.24. The van der Waals surface area contributed by atoms with Crippen LogP contribution in [-0.4, -0.2) is 27.3 Å². The van der Waals surface area contributed by atoms with Crippen molar-refractivity contribution in [2.75, 3.05) is 6.54 Å². The highest BCUT2D eigenvalue weighted by molar-refractivity contribution is 4.96. The maximum absolute atomic E-state index is 8.97. The Labute approximate surface area is 72.2 Å². The van der Waals surface area contributed by atoms with E-state index in [1.165, 1.54) is 0 Å². The zero-order valence-corrected chi connectivity index (χ0v) is 7.49. The molecule has 1 rings (SSSR count).